The largest absolute Gasteiger partial charge is 0.465 e. The molecule has 5 heteroatoms. The molecule has 3 rings (SSSR count). The molecule has 0 bridgehead atoms. The van der Waals surface area contributed by atoms with Crippen molar-refractivity contribution in [3.8, 4) is 0 Å². The Kier molecular flexibility index (Phi) is 4.75. The molecule has 0 unspecified atom stereocenters. The molecule has 0 aliphatic carbocycles. The van der Waals surface area contributed by atoms with E-state index in [-0.39, 0.29) is 5.56 Å². The summed E-state index contributed by atoms with van der Waals surface area (Å²) in [5, 5.41) is 0. The van der Waals surface area contributed by atoms with E-state index in [1.165, 1.54) is 17.7 Å². The van der Waals surface area contributed by atoms with Crippen LogP contribution in [0.2, 0.25) is 0 Å². The molecule has 3 aromatic rings. The normalized spacial score (nSPS) is 11.1. The number of ether oxygens (including phenoxy) is 1. The Hall–Kier alpha value is -3.21. The van der Waals surface area contributed by atoms with Crippen LogP contribution in [-0.4, -0.2) is 22.5 Å². The Morgan fingerprint density at radius 2 is 1.92 bits per heavy atom. The fraction of sp³-hybridized carbons (Fsp3) is 0.150. The number of rotatable bonds is 4. The van der Waals surface area contributed by atoms with E-state index in [0.29, 0.717) is 28.9 Å². The predicted molar refractivity (Wildman–Crippen MR) is 97.5 cm³/mol. The van der Waals surface area contributed by atoms with Crippen LogP contribution in [0.5, 0.6) is 0 Å². The van der Waals surface area contributed by atoms with E-state index in [9.17, 15) is 9.59 Å². The van der Waals surface area contributed by atoms with Gasteiger partial charge in [-0.25, -0.2) is 9.78 Å². The first kappa shape index (κ1) is 16.6. The number of hydrogen-bond donors (Lipinski definition) is 0. The molecular formula is C20H18N2O3. The van der Waals surface area contributed by atoms with Gasteiger partial charge in [0.2, 0.25) is 0 Å². The highest BCUT2D eigenvalue weighted by molar-refractivity contribution is 5.89. The van der Waals surface area contributed by atoms with Crippen LogP contribution in [0.15, 0.2) is 53.5 Å². The first-order chi connectivity index (χ1) is 12.1. The zero-order valence-corrected chi connectivity index (χ0v) is 14.1. The lowest BCUT2D eigenvalue weighted by atomic mass is 10.1. The maximum absolute atomic E-state index is 12.8. The third-order valence-electron chi connectivity index (χ3n) is 3.96. The number of pyridine rings is 1. The van der Waals surface area contributed by atoms with E-state index in [4.69, 9.17) is 4.74 Å². The molecule has 1 aromatic carbocycles. The number of hydrogen-bond acceptors (Lipinski definition) is 4. The number of methoxy groups -OCH3 is 1. The van der Waals surface area contributed by atoms with Crippen LogP contribution in [0.4, 0.5) is 0 Å². The predicted octanol–water partition coefficient (Wildman–Crippen LogP) is 3.21. The summed E-state index contributed by atoms with van der Waals surface area (Å²) in [6.45, 7) is 1.91. The fourth-order valence-corrected chi connectivity index (χ4v) is 2.64. The number of esters is 1. The van der Waals surface area contributed by atoms with E-state index in [1.807, 2.05) is 49.4 Å². The summed E-state index contributed by atoms with van der Waals surface area (Å²) in [5.74, 6) is -0.486. The summed E-state index contributed by atoms with van der Waals surface area (Å²) < 4.78 is 6.10. The average molecular weight is 334 g/mol. The monoisotopic (exact) mass is 334 g/mol. The molecule has 0 aliphatic rings. The van der Waals surface area contributed by atoms with Crippen LogP contribution < -0.4 is 5.56 Å². The number of carbonyl (C=O) groups is 1. The molecule has 2 heterocycles. The quantitative estimate of drug-likeness (QED) is 0.687. The summed E-state index contributed by atoms with van der Waals surface area (Å²) >= 11 is 0. The van der Waals surface area contributed by atoms with Gasteiger partial charge in [0.05, 0.1) is 18.4 Å². The van der Waals surface area contributed by atoms with Crippen LogP contribution in [0.1, 0.15) is 34.1 Å². The third kappa shape index (κ3) is 3.35. The van der Waals surface area contributed by atoms with Crippen molar-refractivity contribution in [2.75, 3.05) is 7.11 Å². The van der Waals surface area contributed by atoms with Gasteiger partial charge in [0, 0.05) is 11.8 Å². The van der Waals surface area contributed by atoms with Gasteiger partial charge in [0.1, 0.15) is 5.65 Å². The highest BCUT2D eigenvalue weighted by Crippen LogP contribution is 2.12. The first-order valence-corrected chi connectivity index (χ1v) is 8.00. The standard InChI is InChI=1S/C20H18N2O3/c1-3-16-17(11-9-14-7-5-4-6-8-14)21-18-12-10-15(20(24)25-2)13-22(18)19(16)23/h4-13H,3H2,1-2H3/b11-9+. The minimum Gasteiger partial charge on any atom is -0.465 e. The van der Waals surface area contributed by atoms with E-state index < -0.39 is 5.97 Å². The van der Waals surface area contributed by atoms with Crippen molar-refractivity contribution in [3.63, 3.8) is 0 Å². The highest BCUT2D eigenvalue weighted by Gasteiger charge is 2.12. The van der Waals surface area contributed by atoms with Crippen molar-refractivity contribution in [3.05, 3.63) is 81.4 Å². The van der Waals surface area contributed by atoms with Crippen molar-refractivity contribution < 1.29 is 9.53 Å². The molecule has 126 valence electrons. The van der Waals surface area contributed by atoms with Gasteiger partial charge < -0.3 is 4.74 Å². The van der Waals surface area contributed by atoms with Gasteiger partial charge in [-0.3, -0.25) is 9.20 Å². The van der Waals surface area contributed by atoms with E-state index in [1.54, 1.807) is 12.1 Å². The van der Waals surface area contributed by atoms with Gasteiger partial charge in [-0.15, -0.1) is 0 Å². The van der Waals surface area contributed by atoms with E-state index >= 15 is 0 Å². The molecule has 0 spiro atoms. The van der Waals surface area contributed by atoms with Crippen molar-refractivity contribution in [1.29, 1.82) is 0 Å². The second-order valence-electron chi connectivity index (χ2n) is 5.52. The fourth-order valence-electron chi connectivity index (χ4n) is 2.64. The Bertz CT molecular complexity index is 1000. The number of carbonyl (C=O) groups excluding carboxylic acids is 1. The molecule has 2 aromatic heterocycles. The van der Waals surface area contributed by atoms with Crippen molar-refractivity contribution in [2.24, 2.45) is 0 Å². The van der Waals surface area contributed by atoms with Gasteiger partial charge in [-0.1, -0.05) is 43.3 Å². The lowest BCUT2D eigenvalue weighted by Crippen LogP contribution is -2.22. The molecule has 5 nitrogen and oxygen atoms in total. The molecule has 0 N–H and O–H groups in total. The van der Waals surface area contributed by atoms with Crippen LogP contribution in [0.3, 0.4) is 0 Å². The maximum atomic E-state index is 12.8. The van der Waals surface area contributed by atoms with Crippen LogP contribution in [0.25, 0.3) is 17.8 Å². The number of fused-ring (bicyclic) bond motifs is 1. The van der Waals surface area contributed by atoms with Crippen LogP contribution in [0, 0.1) is 0 Å². The second-order valence-corrected chi connectivity index (χ2v) is 5.52. The van der Waals surface area contributed by atoms with Gasteiger partial charge in [0.25, 0.3) is 5.56 Å². The summed E-state index contributed by atoms with van der Waals surface area (Å²) in [4.78, 5) is 29.0. The minimum atomic E-state index is -0.486. The first-order valence-electron chi connectivity index (χ1n) is 8.00. The lowest BCUT2D eigenvalue weighted by molar-refractivity contribution is 0.0600. The van der Waals surface area contributed by atoms with Crippen molar-refractivity contribution in [2.45, 2.75) is 13.3 Å². The Balaban J connectivity index is 2.13. The maximum Gasteiger partial charge on any atom is 0.339 e. The molecule has 0 atom stereocenters. The molecule has 0 amide bonds. The summed E-state index contributed by atoms with van der Waals surface area (Å²) in [7, 11) is 1.31. The Morgan fingerprint density at radius 3 is 2.60 bits per heavy atom. The number of benzene rings is 1. The topological polar surface area (TPSA) is 60.7 Å². The summed E-state index contributed by atoms with van der Waals surface area (Å²) in [6.07, 6.45) is 5.80. The Morgan fingerprint density at radius 1 is 1.16 bits per heavy atom. The molecule has 25 heavy (non-hydrogen) atoms. The molecule has 0 fully saturated rings. The van der Waals surface area contributed by atoms with E-state index in [0.717, 1.165) is 5.56 Å². The highest BCUT2D eigenvalue weighted by atomic mass is 16.5. The molecule has 0 aliphatic heterocycles. The average Bonchev–Trinajstić information content (AvgIpc) is 2.66. The molecule has 0 saturated carbocycles. The Labute approximate surface area is 145 Å². The minimum absolute atomic E-state index is 0.175. The van der Waals surface area contributed by atoms with Gasteiger partial charge in [0.15, 0.2) is 0 Å². The summed E-state index contributed by atoms with van der Waals surface area (Å²) in [5.41, 5.74) is 2.91. The SMILES string of the molecule is CCc1c(/C=C/c2ccccc2)nc2ccc(C(=O)OC)cn2c1=O. The third-order valence-corrected chi connectivity index (χ3v) is 3.96. The van der Waals surface area contributed by atoms with Gasteiger partial charge in [-0.05, 0) is 30.2 Å². The van der Waals surface area contributed by atoms with Crippen molar-refractivity contribution in [1.82, 2.24) is 9.38 Å². The smallest absolute Gasteiger partial charge is 0.339 e. The number of nitrogens with zero attached hydrogens (tertiary/aromatic N) is 2. The zero-order valence-electron chi connectivity index (χ0n) is 14.1. The van der Waals surface area contributed by atoms with Crippen LogP contribution >= 0.6 is 0 Å². The van der Waals surface area contributed by atoms with Crippen LogP contribution in [-0.2, 0) is 11.2 Å². The van der Waals surface area contributed by atoms with Crippen molar-refractivity contribution >= 4 is 23.8 Å². The summed E-state index contributed by atoms with van der Waals surface area (Å²) in [6, 6.07) is 13.1. The molecule has 0 radical (unpaired) electrons. The molecular weight excluding hydrogens is 316 g/mol. The van der Waals surface area contributed by atoms with Gasteiger partial charge >= 0.3 is 5.97 Å². The number of aromatic nitrogens is 2. The molecule has 0 saturated heterocycles. The van der Waals surface area contributed by atoms with E-state index in [2.05, 4.69) is 4.98 Å². The second kappa shape index (κ2) is 7.13. The lowest BCUT2D eigenvalue weighted by Gasteiger charge is -2.08. The zero-order chi connectivity index (χ0) is 17.8. The van der Waals surface area contributed by atoms with Gasteiger partial charge in [-0.2, -0.15) is 0 Å².